The third-order valence-corrected chi connectivity index (χ3v) is 7.23. The van der Waals surface area contributed by atoms with E-state index in [9.17, 15) is 13.2 Å². The van der Waals surface area contributed by atoms with Gasteiger partial charge in [0.25, 0.3) is 0 Å². The van der Waals surface area contributed by atoms with Crippen molar-refractivity contribution in [3.8, 4) is 5.75 Å². The smallest absolute Gasteiger partial charge is 0.242 e. The Bertz CT molecular complexity index is 1030. The zero-order valence-corrected chi connectivity index (χ0v) is 19.3. The molecule has 1 saturated heterocycles. The number of benzene rings is 2. The molecule has 0 spiro atoms. The number of carbonyl (C=O) groups excluding carboxylic acids is 1. The first-order valence-electron chi connectivity index (χ1n) is 10.1. The van der Waals surface area contributed by atoms with Crippen LogP contribution in [0.25, 0.3) is 0 Å². The van der Waals surface area contributed by atoms with Gasteiger partial charge in [-0.2, -0.15) is 0 Å². The van der Waals surface area contributed by atoms with E-state index in [-0.39, 0.29) is 17.3 Å². The quantitative estimate of drug-likeness (QED) is 0.701. The summed E-state index contributed by atoms with van der Waals surface area (Å²) in [6.07, 6.45) is 0. The normalized spacial score (nSPS) is 15.2. The van der Waals surface area contributed by atoms with Crippen molar-refractivity contribution in [2.75, 3.05) is 64.1 Å². The van der Waals surface area contributed by atoms with Crippen molar-refractivity contribution in [2.24, 2.45) is 0 Å². The second kappa shape index (κ2) is 9.67. The Labute approximate surface area is 184 Å². The Morgan fingerprint density at radius 2 is 1.81 bits per heavy atom. The molecule has 0 saturated carbocycles. The van der Waals surface area contributed by atoms with Crippen LogP contribution >= 0.6 is 0 Å². The van der Waals surface area contributed by atoms with Gasteiger partial charge in [-0.3, -0.25) is 9.69 Å². The van der Waals surface area contributed by atoms with Crippen molar-refractivity contribution in [3.63, 3.8) is 0 Å². The molecule has 168 valence electrons. The Hall–Kier alpha value is -2.62. The molecule has 8 nitrogen and oxygen atoms in total. The fourth-order valence-corrected chi connectivity index (χ4v) is 4.40. The van der Waals surface area contributed by atoms with Crippen LogP contribution in [0.3, 0.4) is 0 Å². The van der Waals surface area contributed by atoms with Gasteiger partial charge in [-0.25, -0.2) is 12.7 Å². The molecule has 1 aliphatic heterocycles. The van der Waals surface area contributed by atoms with Crippen molar-refractivity contribution < 1.29 is 17.9 Å². The van der Waals surface area contributed by atoms with Crippen molar-refractivity contribution in [2.45, 2.75) is 11.8 Å². The third kappa shape index (κ3) is 5.55. The van der Waals surface area contributed by atoms with Gasteiger partial charge in [0.15, 0.2) is 0 Å². The number of methoxy groups -OCH3 is 1. The highest BCUT2D eigenvalue weighted by molar-refractivity contribution is 7.89. The van der Waals surface area contributed by atoms with Gasteiger partial charge in [0.05, 0.1) is 18.6 Å². The molecular weight excluding hydrogens is 416 g/mol. The molecule has 0 radical (unpaired) electrons. The number of rotatable bonds is 7. The zero-order valence-electron chi connectivity index (χ0n) is 18.5. The lowest BCUT2D eigenvalue weighted by molar-refractivity contribution is -0.117. The van der Waals surface area contributed by atoms with E-state index >= 15 is 0 Å². The number of nitrogens with one attached hydrogen (secondary N) is 1. The average Bonchev–Trinajstić information content (AvgIpc) is 2.75. The summed E-state index contributed by atoms with van der Waals surface area (Å²) >= 11 is 0. The predicted molar refractivity (Wildman–Crippen MR) is 122 cm³/mol. The molecule has 0 atom stereocenters. The number of amides is 1. The van der Waals surface area contributed by atoms with Crippen LogP contribution in [0.5, 0.6) is 5.75 Å². The number of piperazine rings is 1. The first kappa shape index (κ1) is 23.1. The third-order valence-electron chi connectivity index (χ3n) is 5.42. The van der Waals surface area contributed by atoms with Crippen LogP contribution in [-0.4, -0.2) is 77.5 Å². The zero-order chi connectivity index (χ0) is 22.6. The van der Waals surface area contributed by atoms with E-state index < -0.39 is 10.0 Å². The Morgan fingerprint density at radius 1 is 1.10 bits per heavy atom. The Morgan fingerprint density at radius 3 is 2.45 bits per heavy atom. The van der Waals surface area contributed by atoms with Gasteiger partial charge in [0, 0.05) is 57.7 Å². The maximum absolute atomic E-state index is 12.6. The minimum atomic E-state index is -3.56. The van der Waals surface area contributed by atoms with Crippen molar-refractivity contribution >= 4 is 27.3 Å². The van der Waals surface area contributed by atoms with Crippen LogP contribution in [0.2, 0.25) is 0 Å². The number of anilines is 2. The van der Waals surface area contributed by atoms with Crippen molar-refractivity contribution in [1.82, 2.24) is 9.21 Å². The van der Waals surface area contributed by atoms with E-state index in [1.165, 1.54) is 20.2 Å². The van der Waals surface area contributed by atoms with Gasteiger partial charge in [0.1, 0.15) is 5.75 Å². The van der Waals surface area contributed by atoms with Crippen LogP contribution in [0.1, 0.15) is 5.56 Å². The molecule has 0 unspecified atom stereocenters. The van der Waals surface area contributed by atoms with Gasteiger partial charge in [-0.1, -0.05) is 12.1 Å². The molecule has 0 aromatic heterocycles. The second-order valence-electron chi connectivity index (χ2n) is 7.78. The van der Waals surface area contributed by atoms with Gasteiger partial charge >= 0.3 is 0 Å². The molecule has 2 aromatic carbocycles. The van der Waals surface area contributed by atoms with Crippen molar-refractivity contribution in [3.05, 3.63) is 48.0 Å². The van der Waals surface area contributed by atoms with Gasteiger partial charge in [0.2, 0.25) is 15.9 Å². The summed E-state index contributed by atoms with van der Waals surface area (Å²) in [6.45, 7) is 5.26. The van der Waals surface area contributed by atoms with Gasteiger partial charge < -0.3 is 15.0 Å². The standard InChI is InChI=1S/C22H30N4O4S/c1-17-8-9-20(31(28,29)24(2)3)15-21(17)23-22(27)16-25-10-12-26(13-11-25)18-6-5-7-19(14-18)30-4/h5-9,14-15H,10-13,16H2,1-4H3,(H,23,27). The minimum absolute atomic E-state index is 0.155. The molecule has 1 heterocycles. The Kier molecular flexibility index (Phi) is 7.19. The van der Waals surface area contributed by atoms with E-state index in [0.717, 1.165) is 47.5 Å². The Balaban J connectivity index is 1.58. The lowest BCUT2D eigenvalue weighted by atomic mass is 10.2. The highest BCUT2D eigenvalue weighted by atomic mass is 32.2. The summed E-state index contributed by atoms with van der Waals surface area (Å²) in [5.41, 5.74) is 2.44. The van der Waals surface area contributed by atoms with Gasteiger partial charge in [-0.15, -0.1) is 0 Å². The van der Waals surface area contributed by atoms with Crippen LogP contribution < -0.4 is 15.0 Å². The summed E-state index contributed by atoms with van der Waals surface area (Å²) in [7, 11) is 1.07. The summed E-state index contributed by atoms with van der Waals surface area (Å²) < 4.78 is 31.2. The molecule has 1 N–H and O–H groups in total. The van der Waals surface area contributed by atoms with E-state index in [1.54, 1.807) is 19.2 Å². The van der Waals surface area contributed by atoms with Crippen LogP contribution in [0.15, 0.2) is 47.4 Å². The van der Waals surface area contributed by atoms with Gasteiger partial charge in [-0.05, 0) is 36.8 Å². The molecule has 0 bridgehead atoms. The lowest BCUT2D eigenvalue weighted by Gasteiger charge is -2.35. The summed E-state index contributed by atoms with van der Waals surface area (Å²) in [5, 5.41) is 2.87. The molecule has 2 aromatic rings. The van der Waals surface area contributed by atoms with E-state index in [1.807, 2.05) is 25.1 Å². The largest absolute Gasteiger partial charge is 0.497 e. The minimum Gasteiger partial charge on any atom is -0.497 e. The highest BCUT2D eigenvalue weighted by Crippen LogP contribution is 2.23. The van der Waals surface area contributed by atoms with Crippen LogP contribution in [0.4, 0.5) is 11.4 Å². The molecule has 9 heteroatoms. The molecule has 0 aliphatic carbocycles. The van der Waals surface area contributed by atoms with Crippen molar-refractivity contribution in [1.29, 1.82) is 0 Å². The molecular formula is C22H30N4O4S. The van der Waals surface area contributed by atoms with Crippen LogP contribution in [-0.2, 0) is 14.8 Å². The number of hydrogen-bond acceptors (Lipinski definition) is 6. The maximum atomic E-state index is 12.6. The summed E-state index contributed by atoms with van der Waals surface area (Å²) in [6, 6.07) is 12.7. The summed E-state index contributed by atoms with van der Waals surface area (Å²) in [4.78, 5) is 17.2. The first-order valence-corrected chi connectivity index (χ1v) is 11.6. The molecule has 1 aliphatic rings. The van der Waals surface area contributed by atoms with E-state index in [0.29, 0.717) is 5.69 Å². The molecule has 3 rings (SSSR count). The number of nitrogens with zero attached hydrogens (tertiary/aromatic N) is 3. The monoisotopic (exact) mass is 446 g/mol. The first-order chi connectivity index (χ1) is 14.7. The maximum Gasteiger partial charge on any atom is 0.242 e. The molecule has 1 amide bonds. The second-order valence-corrected chi connectivity index (χ2v) is 9.93. The number of hydrogen-bond donors (Lipinski definition) is 1. The van der Waals surface area contributed by atoms with Crippen LogP contribution in [0, 0.1) is 6.92 Å². The molecule has 31 heavy (non-hydrogen) atoms. The SMILES string of the molecule is COc1cccc(N2CCN(CC(=O)Nc3cc(S(=O)(=O)N(C)C)ccc3C)CC2)c1. The fraction of sp³-hybridized carbons (Fsp3) is 0.409. The number of sulfonamides is 1. The topological polar surface area (TPSA) is 82.2 Å². The molecule has 1 fully saturated rings. The lowest BCUT2D eigenvalue weighted by Crippen LogP contribution is -2.48. The highest BCUT2D eigenvalue weighted by Gasteiger charge is 2.21. The van der Waals surface area contributed by atoms with E-state index in [2.05, 4.69) is 21.2 Å². The fourth-order valence-electron chi connectivity index (χ4n) is 3.47. The number of aryl methyl sites for hydroxylation is 1. The summed E-state index contributed by atoms with van der Waals surface area (Å²) in [5.74, 6) is 0.672. The average molecular weight is 447 g/mol. The van der Waals surface area contributed by atoms with E-state index in [4.69, 9.17) is 4.74 Å². The number of carbonyl (C=O) groups is 1. The predicted octanol–water partition coefficient (Wildman–Crippen LogP) is 2.01. The number of ether oxygens (including phenoxy) is 1.